The first kappa shape index (κ1) is 27.4. The summed E-state index contributed by atoms with van der Waals surface area (Å²) in [6, 6.07) is 15.3. The summed E-state index contributed by atoms with van der Waals surface area (Å²) < 4.78 is 0. The van der Waals surface area contributed by atoms with E-state index in [0.717, 1.165) is 29.5 Å². The van der Waals surface area contributed by atoms with Gasteiger partial charge in [0.1, 0.15) is 23.0 Å². The predicted octanol–water partition coefficient (Wildman–Crippen LogP) is 5.91. The first-order chi connectivity index (χ1) is 19.2. The van der Waals surface area contributed by atoms with Gasteiger partial charge in [0.15, 0.2) is 5.78 Å². The van der Waals surface area contributed by atoms with Crippen molar-refractivity contribution < 1.29 is 14.4 Å². The average molecular weight is 588 g/mol. The monoisotopic (exact) mass is 587 g/mol. The van der Waals surface area contributed by atoms with Gasteiger partial charge in [-0.1, -0.05) is 47.1 Å². The summed E-state index contributed by atoms with van der Waals surface area (Å²) in [5, 5.41) is 19.6. The average Bonchev–Trinajstić information content (AvgIpc) is 3.74. The van der Waals surface area contributed by atoms with Gasteiger partial charge >= 0.3 is 0 Å². The number of nitrogen functional groups attached to an aromatic ring is 1. The number of hydrogen-bond acceptors (Lipinski definition) is 8. The van der Waals surface area contributed by atoms with Crippen molar-refractivity contribution in [1.29, 1.82) is 10.5 Å². The molecule has 2 amide bonds. The van der Waals surface area contributed by atoms with Crippen molar-refractivity contribution >= 4 is 70.1 Å². The van der Waals surface area contributed by atoms with E-state index in [1.54, 1.807) is 24.3 Å². The number of carbonyl (C=O) groups is 3. The first-order valence-corrected chi connectivity index (χ1v) is 13.8. The van der Waals surface area contributed by atoms with E-state index in [1.165, 1.54) is 30.3 Å². The Labute approximate surface area is 244 Å². The van der Waals surface area contributed by atoms with Crippen LogP contribution in [-0.4, -0.2) is 27.8 Å². The number of nitrogens with zero attached hydrogens (tertiary/aromatic N) is 4. The number of allylic oxidation sites excluding steroid dienone is 1. The van der Waals surface area contributed by atoms with Gasteiger partial charge in [-0.05, 0) is 72.4 Å². The number of imide groups is 1. The van der Waals surface area contributed by atoms with Gasteiger partial charge in [-0.15, -0.1) is 0 Å². The minimum absolute atomic E-state index is 0.00740. The normalized spacial score (nSPS) is 16.8. The second-order valence-electron chi connectivity index (χ2n) is 9.26. The quantitative estimate of drug-likeness (QED) is 0.204. The SMILES string of the molecule is N#Cc1c(N)nc(S[C@H]2CC(=O)N(c3ccc(C(=O)/C=C/c4ccc(Cl)c(Cl)c4)cc3)C2=O)c(C#N)c1C1CC1. The fourth-order valence-electron chi connectivity index (χ4n) is 4.45. The Balaban J connectivity index is 1.33. The van der Waals surface area contributed by atoms with Crippen molar-refractivity contribution in [2.45, 2.75) is 35.5 Å². The first-order valence-electron chi connectivity index (χ1n) is 12.2. The third kappa shape index (κ3) is 5.32. The van der Waals surface area contributed by atoms with Crippen LogP contribution in [0.3, 0.4) is 0 Å². The lowest BCUT2D eigenvalue weighted by Crippen LogP contribution is -2.31. The molecule has 8 nitrogen and oxygen atoms in total. The number of halogens is 2. The highest BCUT2D eigenvalue weighted by Crippen LogP contribution is 2.47. The maximum Gasteiger partial charge on any atom is 0.247 e. The van der Waals surface area contributed by atoms with Crippen LogP contribution >= 0.6 is 35.0 Å². The molecule has 3 aromatic rings. The van der Waals surface area contributed by atoms with E-state index >= 15 is 0 Å². The number of thioether (sulfide) groups is 1. The molecule has 0 spiro atoms. The molecule has 0 unspecified atom stereocenters. The molecular formula is C29H19Cl2N5O3S. The highest BCUT2D eigenvalue weighted by Gasteiger charge is 2.42. The van der Waals surface area contributed by atoms with E-state index in [2.05, 4.69) is 11.1 Å². The predicted molar refractivity (Wildman–Crippen MR) is 153 cm³/mol. The van der Waals surface area contributed by atoms with E-state index in [9.17, 15) is 24.9 Å². The smallest absolute Gasteiger partial charge is 0.247 e. The zero-order chi connectivity index (χ0) is 28.6. The summed E-state index contributed by atoms with van der Waals surface area (Å²) in [7, 11) is 0. The fraction of sp³-hybridized carbons (Fsp3) is 0.172. The molecule has 0 radical (unpaired) electrons. The summed E-state index contributed by atoms with van der Waals surface area (Å²) in [5.41, 5.74) is 8.42. The van der Waals surface area contributed by atoms with Crippen LogP contribution in [0.4, 0.5) is 11.5 Å². The molecule has 2 N–H and O–H groups in total. The summed E-state index contributed by atoms with van der Waals surface area (Å²) in [6.45, 7) is 0. The standard InChI is InChI=1S/C29H19Cl2N5O3S/c30-21-9-1-15(11-22(21)31)2-10-23(37)16-5-7-18(8-6-16)36-25(38)12-24(29(36)39)40-28-20(14-33)26(17-3-4-17)19(13-32)27(34)35-28/h1-2,5-11,17,24H,3-4,12H2,(H2,34,35)/b10-2+/t24-/m0/s1. The number of pyridine rings is 1. The van der Waals surface area contributed by atoms with Crippen LogP contribution in [0.25, 0.3) is 6.08 Å². The van der Waals surface area contributed by atoms with E-state index < -0.39 is 17.1 Å². The van der Waals surface area contributed by atoms with Gasteiger partial charge in [0.05, 0.1) is 32.1 Å². The Hall–Kier alpha value is -4.15. The summed E-state index contributed by atoms with van der Waals surface area (Å²) in [5.74, 6) is -1.08. The van der Waals surface area contributed by atoms with Crippen molar-refractivity contribution in [2.24, 2.45) is 0 Å². The van der Waals surface area contributed by atoms with Gasteiger partial charge in [0, 0.05) is 12.0 Å². The van der Waals surface area contributed by atoms with Gasteiger partial charge in [0.25, 0.3) is 0 Å². The van der Waals surface area contributed by atoms with Gasteiger partial charge < -0.3 is 5.73 Å². The third-order valence-electron chi connectivity index (χ3n) is 6.58. The number of hydrogen-bond donors (Lipinski definition) is 1. The molecule has 1 saturated heterocycles. The molecule has 1 saturated carbocycles. The molecule has 1 aliphatic carbocycles. The van der Waals surface area contributed by atoms with Gasteiger partial charge in [-0.2, -0.15) is 10.5 Å². The van der Waals surface area contributed by atoms with Crippen molar-refractivity contribution in [3.05, 3.63) is 86.4 Å². The molecule has 198 valence electrons. The van der Waals surface area contributed by atoms with Crippen molar-refractivity contribution in [3.63, 3.8) is 0 Å². The minimum Gasteiger partial charge on any atom is -0.383 e. The number of rotatable bonds is 7. The number of benzene rings is 2. The molecule has 40 heavy (non-hydrogen) atoms. The lowest BCUT2D eigenvalue weighted by molar-refractivity contribution is -0.121. The number of ketones is 1. The molecule has 1 atom stereocenters. The van der Waals surface area contributed by atoms with Gasteiger partial charge in [-0.25, -0.2) is 9.88 Å². The Morgan fingerprint density at radius 3 is 2.38 bits per heavy atom. The molecule has 2 fully saturated rings. The summed E-state index contributed by atoms with van der Waals surface area (Å²) in [6.07, 6.45) is 4.60. The lowest BCUT2D eigenvalue weighted by Gasteiger charge is -2.16. The van der Waals surface area contributed by atoms with Crippen molar-refractivity contribution in [3.8, 4) is 12.1 Å². The maximum atomic E-state index is 13.3. The molecule has 1 aromatic heterocycles. The van der Waals surface area contributed by atoms with Crippen LogP contribution in [0.5, 0.6) is 0 Å². The Morgan fingerprint density at radius 1 is 1.05 bits per heavy atom. The van der Waals surface area contributed by atoms with Crippen molar-refractivity contribution in [1.82, 2.24) is 4.98 Å². The Kier molecular flexibility index (Phi) is 7.64. The number of nitriles is 2. The molecular weight excluding hydrogens is 569 g/mol. The number of anilines is 2. The second kappa shape index (κ2) is 11.1. The van der Waals surface area contributed by atoms with Gasteiger partial charge in [0.2, 0.25) is 11.8 Å². The van der Waals surface area contributed by atoms with E-state index in [4.69, 9.17) is 28.9 Å². The van der Waals surface area contributed by atoms with Crippen LogP contribution in [-0.2, 0) is 9.59 Å². The molecule has 0 bridgehead atoms. The highest BCUT2D eigenvalue weighted by atomic mass is 35.5. The zero-order valence-corrected chi connectivity index (χ0v) is 23.1. The van der Waals surface area contributed by atoms with Crippen LogP contribution in [0.1, 0.15) is 57.8 Å². The molecule has 5 rings (SSSR count). The Bertz CT molecular complexity index is 1690. The minimum atomic E-state index is -0.818. The third-order valence-corrected chi connectivity index (χ3v) is 8.49. The Morgan fingerprint density at radius 2 is 1.75 bits per heavy atom. The van der Waals surface area contributed by atoms with Crippen molar-refractivity contribution in [2.75, 3.05) is 10.6 Å². The van der Waals surface area contributed by atoms with Crippen LogP contribution in [0.15, 0.2) is 53.6 Å². The lowest BCUT2D eigenvalue weighted by atomic mass is 10.0. The molecule has 1 aliphatic heterocycles. The van der Waals surface area contributed by atoms with Crippen LogP contribution in [0, 0.1) is 22.7 Å². The zero-order valence-electron chi connectivity index (χ0n) is 20.7. The molecule has 2 aromatic carbocycles. The number of aromatic nitrogens is 1. The van der Waals surface area contributed by atoms with Crippen LogP contribution < -0.4 is 10.6 Å². The second-order valence-corrected chi connectivity index (χ2v) is 11.3. The highest BCUT2D eigenvalue weighted by molar-refractivity contribution is 8.00. The van der Waals surface area contributed by atoms with Gasteiger partial charge in [-0.3, -0.25) is 14.4 Å². The maximum absolute atomic E-state index is 13.3. The molecule has 2 aliphatic rings. The molecule has 11 heteroatoms. The van der Waals surface area contributed by atoms with E-state index in [-0.39, 0.29) is 40.1 Å². The topological polar surface area (TPSA) is 141 Å². The van der Waals surface area contributed by atoms with E-state index in [1.807, 2.05) is 6.07 Å². The number of amides is 2. The van der Waals surface area contributed by atoms with E-state index in [0.29, 0.717) is 32.4 Å². The fourth-order valence-corrected chi connectivity index (χ4v) is 5.88. The van der Waals surface area contributed by atoms with Crippen LogP contribution in [0.2, 0.25) is 10.0 Å². The number of carbonyl (C=O) groups excluding carboxylic acids is 3. The molecule has 2 heterocycles. The summed E-state index contributed by atoms with van der Waals surface area (Å²) >= 11 is 12.9. The number of nitrogens with two attached hydrogens (primary N) is 1. The largest absolute Gasteiger partial charge is 0.383 e. The summed E-state index contributed by atoms with van der Waals surface area (Å²) in [4.78, 5) is 44.1.